The topological polar surface area (TPSA) is 12.0 Å². The zero-order valence-electron chi connectivity index (χ0n) is 10.2. The zero-order valence-corrected chi connectivity index (χ0v) is 12.5. The van der Waals surface area contributed by atoms with Crippen molar-refractivity contribution >= 4 is 34.8 Å². The van der Waals surface area contributed by atoms with Gasteiger partial charge in [0.2, 0.25) is 0 Å². The molecule has 0 atom stereocenters. The number of nitrogens with one attached hydrogen (secondary N) is 1. The van der Waals surface area contributed by atoms with Crippen molar-refractivity contribution in [1.29, 1.82) is 0 Å². The molecule has 0 saturated heterocycles. The Bertz CT molecular complexity index is 364. The van der Waals surface area contributed by atoms with E-state index in [0.29, 0.717) is 10.9 Å². The van der Waals surface area contributed by atoms with Gasteiger partial charge in [-0.25, -0.2) is 0 Å². The fourth-order valence-corrected chi connectivity index (χ4v) is 2.45. The molecule has 0 aromatic heterocycles. The summed E-state index contributed by atoms with van der Waals surface area (Å²) in [4.78, 5) is 0. The molecular formula is C13H18Cl3N. The largest absolute Gasteiger partial charge is 0.312 e. The van der Waals surface area contributed by atoms with Gasteiger partial charge in [0.1, 0.15) is 0 Å². The summed E-state index contributed by atoms with van der Waals surface area (Å²) in [5, 5.41) is 4.85. The van der Waals surface area contributed by atoms with Crippen LogP contribution in [0.3, 0.4) is 0 Å². The van der Waals surface area contributed by atoms with Crippen molar-refractivity contribution < 1.29 is 0 Å². The Kier molecular flexibility index (Phi) is 6.08. The van der Waals surface area contributed by atoms with Gasteiger partial charge in [-0.05, 0) is 35.6 Å². The highest BCUT2D eigenvalue weighted by molar-refractivity contribution is 6.33. The molecule has 1 aromatic carbocycles. The van der Waals surface area contributed by atoms with Crippen LogP contribution in [0.2, 0.25) is 10.0 Å². The lowest BCUT2D eigenvalue weighted by molar-refractivity contribution is 0.329. The summed E-state index contributed by atoms with van der Waals surface area (Å²) in [6.45, 7) is 6.03. The van der Waals surface area contributed by atoms with Crippen LogP contribution in [-0.2, 0) is 6.54 Å². The normalized spacial score (nSPS) is 11.8. The average Bonchev–Trinajstić information content (AvgIpc) is 2.23. The minimum absolute atomic E-state index is 0.201. The lowest BCUT2D eigenvalue weighted by Gasteiger charge is -2.24. The van der Waals surface area contributed by atoms with Gasteiger partial charge in [0, 0.05) is 29.0 Å². The Balaban J connectivity index is 2.48. The van der Waals surface area contributed by atoms with Crippen LogP contribution in [0.15, 0.2) is 18.2 Å². The first-order valence-corrected chi connectivity index (χ1v) is 6.94. The van der Waals surface area contributed by atoms with Crippen LogP contribution in [-0.4, -0.2) is 12.4 Å². The summed E-state index contributed by atoms with van der Waals surface area (Å²) in [5.41, 5.74) is 1.23. The Morgan fingerprint density at radius 2 is 1.94 bits per heavy atom. The van der Waals surface area contributed by atoms with E-state index in [2.05, 4.69) is 19.2 Å². The van der Waals surface area contributed by atoms with Crippen LogP contribution < -0.4 is 5.32 Å². The minimum atomic E-state index is 0.201. The maximum Gasteiger partial charge on any atom is 0.0451 e. The number of alkyl halides is 1. The van der Waals surface area contributed by atoms with Crippen LogP contribution in [0, 0.1) is 5.41 Å². The second kappa shape index (κ2) is 6.84. The molecule has 0 saturated carbocycles. The summed E-state index contributed by atoms with van der Waals surface area (Å²) in [7, 11) is 0. The predicted octanol–water partition coefficient (Wildman–Crippen LogP) is 4.74. The number of halogens is 3. The van der Waals surface area contributed by atoms with Crippen molar-refractivity contribution in [1.82, 2.24) is 5.32 Å². The van der Waals surface area contributed by atoms with Crippen molar-refractivity contribution in [2.24, 2.45) is 5.41 Å². The second-order valence-corrected chi connectivity index (χ2v) is 6.16. The summed E-state index contributed by atoms with van der Waals surface area (Å²) < 4.78 is 0. The number of hydrogen-bond acceptors (Lipinski definition) is 1. The van der Waals surface area contributed by atoms with E-state index in [9.17, 15) is 0 Å². The summed E-state index contributed by atoms with van der Waals surface area (Å²) in [5.74, 6) is 0.687. The fourth-order valence-electron chi connectivity index (χ4n) is 1.56. The molecule has 0 unspecified atom stereocenters. The second-order valence-electron chi connectivity index (χ2n) is 4.94. The van der Waals surface area contributed by atoms with Gasteiger partial charge in [-0.1, -0.05) is 37.0 Å². The Morgan fingerprint density at radius 3 is 2.59 bits per heavy atom. The van der Waals surface area contributed by atoms with Gasteiger partial charge < -0.3 is 5.32 Å². The molecule has 1 rings (SSSR count). The van der Waals surface area contributed by atoms with Gasteiger partial charge in [-0.3, -0.25) is 0 Å². The average molecular weight is 295 g/mol. The molecule has 0 spiro atoms. The van der Waals surface area contributed by atoms with Gasteiger partial charge in [-0.2, -0.15) is 0 Å². The van der Waals surface area contributed by atoms with Crippen molar-refractivity contribution in [3.63, 3.8) is 0 Å². The van der Waals surface area contributed by atoms with Gasteiger partial charge in [0.25, 0.3) is 0 Å². The summed E-state index contributed by atoms with van der Waals surface area (Å²) >= 11 is 17.8. The molecule has 0 aliphatic carbocycles. The maximum absolute atomic E-state index is 6.09. The summed E-state index contributed by atoms with van der Waals surface area (Å²) in [6.07, 6.45) is 0.991. The molecule has 4 heteroatoms. The standard InChI is InChI=1S/C13H18Cl3N/c1-13(2,5-6-14)9-17-8-10-7-11(15)3-4-12(10)16/h3-4,7,17H,5-6,8-9H2,1-2H3. The number of benzene rings is 1. The quantitative estimate of drug-likeness (QED) is 0.747. The minimum Gasteiger partial charge on any atom is -0.312 e. The summed E-state index contributed by atoms with van der Waals surface area (Å²) in [6, 6.07) is 5.51. The van der Waals surface area contributed by atoms with Crippen LogP contribution in [0.1, 0.15) is 25.8 Å². The number of rotatable bonds is 6. The van der Waals surface area contributed by atoms with E-state index in [1.807, 2.05) is 12.1 Å². The maximum atomic E-state index is 6.09. The monoisotopic (exact) mass is 293 g/mol. The van der Waals surface area contributed by atoms with Gasteiger partial charge in [0.15, 0.2) is 0 Å². The Morgan fingerprint density at radius 1 is 1.24 bits per heavy atom. The molecule has 0 amide bonds. The smallest absolute Gasteiger partial charge is 0.0451 e. The molecule has 1 aromatic rings. The SMILES string of the molecule is CC(C)(CCCl)CNCc1cc(Cl)ccc1Cl. The van der Waals surface area contributed by atoms with Gasteiger partial charge >= 0.3 is 0 Å². The highest BCUT2D eigenvalue weighted by Gasteiger charge is 2.16. The molecule has 96 valence electrons. The Labute approximate surface area is 118 Å². The lowest BCUT2D eigenvalue weighted by atomic mass is 9.90. The van der Waals surface area contributed by atoms with E-state index < -0.39 is 0 Å². The van der Waals surface area contributed by atoms with Gasteiger partial charge in [0.05, 0.1) is 0 Å². The molecule has 0 aliphatic heterocycles. The first-order valence-electron chi connectivity index (χ1n) is 5.65. The third-order valence-electron chi connectivity index (χ3n) is 2.70. The van der Waals surface area contributed by atoms with E-state index in [-0.39, 0.29) is 5.41 Å². The molecule has 17 heavy (non-hydrogen) atoms. The number of hydrogen-bond donors (Lipinski definition) is 1. The highest BCUT2D eigenvalue weighted by atomic mass is 35.5. The molecule has 0 fully saturated rings. The third-order valence-corrected chi connectivity index (χ3v) is 3.49. The van der Waals surface area contributed by atoms with Crippen LogP contribution in [0.25, 0.3) is 0 Å². The first kappa shape index (κ1) is 15.1. The molecule has 1 N–H and O–H groups in total. The zero-order chi connectivity index (χ0) is 12.9. The molecule has 0 radical (unpaired) electrons. The molecule has 0 bridgehead atoms. The van der Waals surface area contributed by atoms with Crippen LogP contribution in [0.5, 0.6) is 0 Å². The van der Waals surface area contributed by atoms with E-state index >= 15 is 0 Å². The fraction of sp³-hybridized carbons (Fsp3) is 0.538. The van der Waals surface area contributed by atoms with Crippen molar-refractivity contribution in [2.45, 2.75) is 26.8 Å². The highest BCUT2D eigenvalue weighted by Crippen LogP contribution is 2.22. The molecule has 1 nitrogen and oxygen atoms in total. The van der Waals surface area contributed by atoms with Crippen LogP contribution in [0.4, 0.5) is 0 Å². The van der Waals surface area contributed by atoms with Gasteiger partial charge in [-0.15, -0.1) is 11.6 Å². The van der Waals surface area contributed by atoms with Crippen LogP contribution >= 0.6 is 34.8 Å². The van der Waals surface area contributed by atoms with Crippen molar-refractivity contribution in [3.8, 4) is 0 Å². The van der Waals surface area contributed by atoms with E-state index in [0.717, 1.165) is 30.1 Å². The molecular weight excluding hydrogens is 277 g/mol. The van der Waals surface area contributed by atoms with Crippen molar-refractivity contribution in [3.05, 3.63) is 33.8 Å². The van der Waals surface area contributed by atoms with E-state index in [1.54, 1.807) is 6.07 Å². The van der Waals surface area contributed by atoms with E-state index in [4.69, 9.17) is 34.8 Å². The predicted molar refractivity (Wildman–Crippen MR) is 77.3 cm³/mol. The lowest BCUT2D eigenvalue weighted by Crippen LogP contribution is -2.29. The van der Waals surface area contributed by atoms with Crippen molar-refractivity contribution in [2.75, 3.05) is 12.4 Å². The van der Waals surface area contributed by atoms with E-state index in [1.165, 1.54) is 0 Å². The first-order chi connectivity index (χ1) is 7.94. The molecule has 0 aliphatic rings. The third kappa shape index (κ3) is 5.48. The Hall–Kier alpha value is 0.0500. The molecule has 0 heterocycles.